The summed E-state index contributed by atoms with van der Waals surface area (Å²) in [7, 11) is 1.75. The first-order valence-electron chi connectivity index (χ1n) is 9.49. The lowest BCUT2D eigenvalue weighted by Gasteiger charge is -2.32. The molecule has 0 fully saturated rings. The molecule has 1 aliphatic rings. The maximum atomic E-state index is 11.6. The second kappa shape index (κ2) is 11.8. The van der Waals surface area contributed by atoms with Gasteiger partial charge in [-0.15, -0.1) is 35.3 Å². The van der Waals surface area contributed by atoms with E-state index in [0.29, 0.717) is 19.1 Å². The number of carbonyl (C=O) groups excluding carboxylic acids is 1. The maximum Gasteiger partial charge on any atom is 0.407 e. The van der Waals surface area contributed by atoms with E-state index in [0.717, 1.165) is 32.0 Å². The lowest BCUT2D eigenvalue weighted by Crippen LogP contribution is -2.48. The quantitative estimate of drug-likeness (QED) is 0.232. The number of halogens is 1. The van der Waals surface area contributed by atoms with Gasteiger partial charge in [-0.25, -0.2) is 4.79 Å². The molecule has 1 unspecified atom stereocenters. The monoisotopic (exact) mass is 523 g/mol. The Morgan fingerprint density at radius 3 is 2.71 bits per heavy atom. The summed E-state index contributed by atoms with van der Waals surface area (Å²) in [5, 5.41) is 11.5. The molecule has 1 amide bonds. The maximum absolute atomic E-state index is 11.6. The fraction of sp³-hybridized carbons (Fsp3) is 0.684. The van der Waals surface area contributed by atoms with Crippen LogP contribution in [-0.2, 0) is 17.7 Å². The normalized spacial score (nSPS) is 15.8. The van der Waals surface area contributed by atoms with Crippen molar-refractivity contribution in [2.45, 2.75) is 52.3 Å². The van der Waals surface area contributed by atoms with Crippen LogP contribution in [0.1, 0.15) is 38.1 Å². The van der Waals surface area contributed by atoms with Gasteiger partial charge in [0.25, 0.3) is 0 Å². The van der Waals surface area contributed by atoms with Gasteiger partial charge in [-0.3, -0.25) is 9.89 Å². The zero-order valence-electron chi connectivity index (χ0n) is 17.5. The summed E-state index contributed by atoms with van der Waals surface area (Å²) in [5.74, 6) is 0.737. The first-order chi connectivity index (χ1) is 12.8. The lowest BCUT2D eigenvalue weighted by atomic mass is 10.1. The highest BCUT2D eigenvalue weighted by Gasteiger charge is 2.21. The third-order valence-corrected chi connectivity index (χ3v) is 5.36. The number of alkyl carbamates (subject to hydrolysis) is 1. The largest absolute Gasteiger partial charge is 0.444 e. The van der Waals surface area contributed by atoms with E-state index >= 15 is 0 Å². The first-order valence-corrected chi connectivity index (χ1v) is 10.4. The Bertz CT molecular complexity index is 645. The highest BCUT2D eigenvalue weighted by molar-refractivity contribution is 14.0. The highest BCUT2D eigenvalue weighted by atomic mass is 127. The zero-order chi connectivity index (χ0) is 19.9. The van der Waals surface area contributed by atoms with Crippen LogP contribution in [0.15, 0.2) is 16.4 Å². The zero-order valence-corrected chi connectivity index (χ0v) is 20.6. The molecule has 9 heteroatoms. The summed E-state index contributed by atoms with van der Waals surface area (Å²) in [6.07, 6.45) is 0.736. The van der Waals surface area contributed by atoms with Gasteiger partial charge in [0, 0.05) is 50.7 Å². The van der Waals surface area contributed by atoms with Crippen LogP contribution in [0.5, 0.6) is 0 Å². The van der Waals surface area contributed by atoms with Gasteiger partial charge in [0.05, 0.1) is 0 Å². The van der Waals surface area contributed by atoms with E-state index in [4.69, 9.17) is 4.74 Å². The molecule has 0 spiro atoms. The number of guanidine groups is 1. The van der Waals surface area contributed by atoms with Crippen molar-refractivity contribution in [3.8, 4) is 0 Å². The SMILES string of the molecule is CN=C(NCCNC(=O)OC(C)(C)C)NCC(C)N1CCc2sccc2C1.I. The van der Waals surface area contributed by atoms with Gasteiger partial charge < -0.3 is 20.7 Å². The molecule has 1 atom stereocenters. The van der Waals surface area contributed by atoms with Gasteiger partial charge >= 0.3 is 6.09 Å². The number of amides is 1. The van der Waals surface area contributed by atoms with Crippen molar-refractivity contribution < 1.29 is 9.53 Å². The van der Waals surface area contributed by atoms with Gasteiger partial charge in [-0.2, -0.15) is 0 Å². The van der Waals surface area contributed by atoms with Gasteiger partial charge in [0.1, 0.15) is 5.60 Å². The molecule has 0 bridgehead atoms. The molecule has 0 radical (unpaired) electrons. The van der Waals surface area contributed by atoms with Crippen molar-refractivity contribution in [2.75, 3.05) is 33.2 Å². The van der Waals surface area contributed by atoms with Crippen molar-refractivity contribution >= 4 is 47.4 Å². The minimum atomic E-state index is -0.483. The van der Waals surface area contributed by atoms with Crippen LogP contribution < -0.4 is 16.0 Å². The predicted octanol–water partition coefficient (Wildman–Crippen LogP) is 2.80. The van der Waals surface area contributed by atoms with E-state index in [1.165, 1.54) is 10.4 Å². The first kappa shape index (κ1) is 25.0. The molecule has 2 rings (SSSR count). The topological polar surface area (TPSA) is 78.0 Å². The van der Waals surface area contributed by atoms with Crippen LogP contribution in [-0.4, -0.2) is 61.8 Å². The molecule has 0 aliphatic carbocycles. The number of carbonyl (C=O) groups is 1. The molecule has 1 aliphatic heterocycles. The van der Waals surface area contributed by atoms with E-state index in [1.807, 2.05) is 32.1 Å². The minimum absolute atomic E-state index is 0. The number of rotatable bonds is 6. The van der Waals surface area contributed by atoms with E-state index in [-0.39, 0.29) is 24.0 Å². The summed E-state index contributed by atoms with van der Waals surface area (Å²) in [6.45, 7) is 11.8. The van der Waals surface area contributed by atoms with Crippen molar-refractivity contribution in [3.05, 3.63) is 21.9 Å². The van der Waals surface area contributed by atoms with Crippen LogP contribution in [0.3, 0.4) is 0 Å². The van der Waals surface area contributed by atoms with Crippen LogP contribution in [0.25, 0.3) is 0 Å². The number of nitrogens with zero attached hydrogens (tertiary/aromatic N) is 2. The molecular weight excluding hydrogens is 489 g/mol. The molecular formula is C19H34IN5O2S. The van der Waals surface area contributed by atoms with Crippen molar-refractivity contribution in [1.82, 2.24) is 20.9 Å². The molecule has 0 saturated heterocycles. The molecule has 0 saturated carbocycles. The Balaban J connectivity index is 0.00000392. The molecule has 1 aromatic rings. The van der Waals surface area contributed by atoms with E-state index in [2.05, 4.69) is 44.2 Å². The number of ether oxygens (including phenoxy) is 1. The van der Waals surface area contributed by atoms with Crippen LogP contribution >= 0.6 is 35.3 Å². The van der Waals surface area contributed by atoms with E-state index in [9.17, 15) is 4.79 Å². The van der Waals surface area contributed by atoms with Crippen LogP contribution in [0.4, 0.5) is 4.79 Å². The average molecular weight is 523 g/mol. The van der Waals surface area contributed by atoms with Gasteiger partial charge in [-0.1, -0.05) is 0 Å². The highest BCUT2D eigenvalue weighted by Crippen LogP contribution is 2.24. The Labute approximate surface area is 189 Å². The summed E-state index contributed by atoms with van der Waals surface area (Å²) in [6, 6.07) is 2.65. The lowest BCUT2D eigenvalue weighted by molar-refractivity contribution is 0.0529. The number of fused-ring (bicyclic) bond motifs is 1. The molecule has 3 N–H and O–H groups in total. The second-order valence-corrected chi connectivity index (χ2v) is 8.75. The fourth-order valence-electron chi connectivity index (χ4n) is 2.90. The van der Waals surface area contributed by atoms with Crippen molar-refractivity contribution in [2.24, 2.45) is 4.99 Å². The third-order valence-electron chi connectivity index (χ3n) is 4.33. The second-order valence-electron chi connectivity index (χ2n) is 7.75. The summed E-state index contributed by atoms with van der Waals surface area (Å²) in [4.78, 5) is 19.9. The van der Waals surface area contributed by atoms with Gasteiger partial charge in [-0.05, 0) is 51.1 Å². The number of nitrogens with one attached hydrogen (secondary N) is 3. The number of aliphatic imine (C=N–C) groups is 1. The fourth-order valence-corrected chi connectivity index (χ4v) is 3.79. The average Bonchev–Trinajstić information content (AvgIpc) is 3.07. The van der Waals surface area contributed by atoms with Crippen LogP contribution in [0, 0.1) is 0 Å². The van der Waals surface area contributed by atoms with Gasteiger partial charge in [0.15, 0.2) is 5.96 Å². The molecule has 7 nitrogen and oxygen atoms in total. The standard InChI is InChI=1S/C19H33N5O2S.HI/c1-14(24-10-6-16-15(13-24)7-11-27-16)12-23-17(20-5)21-8-9-22-18(25)26-19(2,3)4;/h7,11,14H,6,8-10,12-13H2,1-5H3,(H,22,25)(H2,20,21,23);1H. The van der Waals surface area contributed by atoms with Crippen molar-refractivity contribution in [3.63, 3.8) is 0 Å². The molecule has 28 heavy (non-hydrogen) atoms. The van der Waals surface area contributed by atoms with Crippen molar-refractivity contribution in [1.29, 1.82) is 0 Å². The Kier molecular flexibility index (Phi) is 10.5. The molecule has 2 heterocycles. The summed E-state index contributed by atoms with van der Waals surface area (Å²) >= 11 is 1.87. The Morgan fingerprint density at radius 2 is 2.04 bits per heavy atom. The summed E-state index contributed by atoms with van der Waals surface area (Å²) in [5.41, 5.74) is 0.984. The Morgan fingerprint density at radius 1 is 1.32 bits per heavy atom. The van der Waals surface area contributed by atoms with Crippen LogP contribution in [0.2, 0.25) is 0 Å². The number of hydrogen-bond acceptors (Lipinski definition) is 5. The number of thiophene rings is 1. The van der Waals surface area contributed by atoms with E-state index < -0.39 is 11.7 Å². The smallest absolute Gasteiger partial charge is 0.407 e. The molecule has 1 aromatic heterocycles. The third kappa shape index (κ3) is 8.52. The molecule has 0 aromatic carbocycles. The summed E-state index contributed by atoms with van der Waals surface area (Å²) < 4.78 is 5.21. The number of hydrogen-bond donors (Lipinski definition) is 3. The van der Waals surface area contributed by atoms with Gasteiger partial charge in [0.2, 0.25) is 0 Å². The van der Waals surface area contributed by atoms with E-state index in [1.54, 1.807) is 7.05 Å². The minimum Gasteiger partial charge on any atom is -0.444 e. The molecule has 160 valence electrons. The Hall–Kier alpha value is -1.07. The predicted molar refractivity (Wildman–Crippen MR) is 127 cm³/mol.